The third kappa shape index (κ3) is 3.37. The molecule has 9 heteroatoms. The number of halogens is 2. The summed E-state index contributed by atoms with van der Waals surface area (Å²) in [5.41, 5.74) is 4.68. The van der Waals surface area contributed by atoms with Crippen LogP contribution in [0.1, 0.15) is 0 Å². The van der Waals surface area contributed by atoms with Gasteiger partial charge in [0.25, 0.3) is 0 Å². The molecule has 0 saturated carbocycles. The van der Waals surface area contributed by atoms with E-state index in [1.807, 2.05) is 0 Å². The quantitative estimate of drug-likeness (QED) is 0.623. The molecule has 0 aliphatic rings. The van der Waals surface area contributed by atoms with Crippen LogP contribution in [0, 0.1) is 15.9 Å². The topological polar surface area (TPSA) is 116 Å². The Bertz CT molecular complexity index is 496. The SMILES string of the molecule is NC(COc1cc(F)c(Br)cc1[N+](=O)[O-])C(=O)O. The highest BCUT2D eigenvalue weighted by molar-refractivity contribution is 9.10. The lowest BCUT2D eigenvalue weighted by Crippen LogP contribution is -2.36. The van der Waals surface area contributed by atoms with Gasteiger partial charge < -0.3 is 15.6 Å². The van der Waals surface area contributed by atoms with Crippen molar-refractivity contribution in [2.75, 3.05) is 6.61 Å². The Kier molecular flexibility index (Phi) is 4.56. The smallest absolute Gasteiger partial charge is 0.324 e. The number of nitro benzene ring substituents is 1. The first-order valence-electron chi connectivity index (χ1n) is 4.57. The second kappa shape index (κ2) is 5.74. The molecular weight excluding hydrogens is 315 g/mol. The molecule has 1 atom stereocenters. The average molecular weight is 323 g/mol. The summed E-state index contributed by atoms with van der Waals surface area (Å²) < 4.78 is 18.0. The Morgan fingerprint density at radius 3 is 2.78 bits per heavy atom. The van der Waals surface area contributed by atoms with E-state index in [1.54, 1.807) is 0 Å². The number of aliphatic carboxylic acids is 1. The molecule has 1 aromatic carbocycles. The van der Waals surface area contributed by atoms with E-state index in [0.29, 0.717) is 0 Å². The van der Waals surface area contributed by atoms with Crippen LogP contribution in [0.2, 0.25) is 0 Å². The van der Waals surface area contributed by atoms with Crippen molar-refractivity contribution in [3.63, 3.8) is 0 Å². The first-order chi connectivity index (χ1) is 8.32. The molecule has 0 aliphatic heterocycles. The Labute approximate surface area is 109 Å². The number of carbonyl (C=O) groups is 1. The molecule has 0 spiro atoms. The first kappa shape index (κ1) is 14.3. The lowest BCUT2D eigenvalue weighted by molar-refractivity contribution is -0.386. The number of carboxylic acid groups (broad SMARTS) is 1. The van der Waals surface area contributed by atoms with Crippen molar-refractivity contribution in [1.29, 1.82) is 0 Å². The summed E-state index contributed by atoms with van der Waals surface area (Å²) in [6, 6.07) is 0.365. The largest absolute Gasteiger partial charge is 0.484 e. The number of nitrogens with zero attached hydrogens (tertiary/aromatic N) is 1. The summed E-state index contributed by atoms with van der Waals surface area (Å²) in [5.74, 6) is -2.47. The zero-order chi connectivity index (χ0) is 13.9. The molecule has 0 amide bonds. The van der Waals surface area contributed by atoms with Gasteiger partial charge in [-0.05, 0) is 15.9 Å². The van der Waals surface area contributed by atoms with Gasteiger partial charge in [-0.15, -0.1) is 0 Å². The van der Waals surface area contributed by atoms with Crippen LogP contribution in [-0.4, -0.2) is 28.6 Å². The maximum atomic E-state index is 13.2. The lowest BCUT2D eigenvalue weighted by Gasteiger charge is -2.10. The Hall–Kier alpha value is -1.74. The Morgan fingerprint density at radius 2 is 2.28 bits per heavy atom. The molecule has 0 heterocycles. The second-order valence-corrected chi connectivity index (χ2v) is 4.10. The van der Waals surface area contributed by atoms with Crippen molar-refractivity contribution in [3.8, 4) is 5.75 Å². The molecule has 1 aromatic rings. The lowest BCUT2D eigenvalue weighted by atomic mass is 10.3. The average Bonchev–Trinajstić information content (AvgIpc) is 2.29. The van der Waals surface area contributed by atoms with Crippen molar-refractivity contribution in [3.05, 3.63) is 32.5 Å². The van der Waals surface area contributed by atoms with Gasteiger partial charge >= 0.3 is 11.7 Å². The van der Waals surface area contributed by atoms with Crippen LogP contribution in [0.15, 0.2) is 16.6 Å². The number of hydrogen-bond acceptors (Lipinski definition) is 5. The second-order valence-electron chi connectivity index (χ2n) is 3.25. The van der Waals surface area contributed by atoms with Crippen LogP contribution in [0.5, 0.6) is 5.75 Å². The minimum atomic E-state index is -1.35. The van der Waals surface area contributed by atoms with Gasteiger partial charge in [-0.2, -0.15) is 0 Å². The zero-order valence-electron chi connectivity index (χ0n) is 8.80. The highest BCUT2D eigenvalue weighted by atomic mass is 79.9. The van der Waals surface area contributed by atoms with Crippen LogP contribution in [0.4, 0.5) is 10.1 Å². The van der Waals surface area contributed by atoms with Gasteiger partial charge in [-0.1, -0.05) is 0 Å². The summed E-state index contributed by atoms with van der Waals surface area (Å²) in [6.45, 7) is -0.503. The molecular formula is C9H8BrFN2O5. The van der Waals surface area contributed by atoms with Crippen molar-refractivity contribution < 1.29 is 24.0 Å². The van der Waals surface area contributed by atoms with Crippen LogP contribution in [0.3, 0.4) is 0 Å². The van der Waals surface area contributed by atoms with Crippen LogP contribution in [-0.2, 0) is 4.79 Å². The maximum Gasteiger partial charge on any atom is 0.324 e. The van der Waals surface area contributed by atoms with E-state index in [0.717, 1.165) is 12.1 Å². The van der Waals surface area contributed by atoms with E-state index in [9.17, 15) is 19.3 Å². The number of rotatable bonds is 5. The number of carboxylic acids is 1. The number of nitro groups is 1. The van der Waals surface area contributed by atoms with Crippen LogP contribution < -0.4 is 10.5 Å². The molecule has 0 saturated heterocycles. The molecule has 1 rings (SSSR count). The van der Waals surface area contributed by atoms with Crippen molar-refractivity contribution in [2.24, 2.45) is 5.73 Å². The van der Waals surface area contributed by atoms with E-state index in [1.165, 1.54) is 0 Å². The van der Waals surface area contributed by atoms with Crippen LogP contribution in [0.25, 0.3) is 0 Å². The van der Waals surface area contributed by atoms with Gasteiger partial charge in [0.1, 0.15) is 18.5 Å². The summed E-state index contributed by atoms with van der Waals surface area (Å²) in [4.78, 5) is 20.4. The molecule has 0 fully saturated rings. The zero-order valence-corrected chi connectivity index (χ0v) is 10.4. The molecule has 3 N–H and O–H groups in total. The van der Waals surface area contributed by atoms with Crippen molar-refractivity contribution in [2.45, 2.75) is 6.04 Å². The minimum absolute atomic E-state index is 0.0934. The van der Waals surface area contributed by atoms with Gasteiger partial charge in [0.15, 0.2) is 5.75 Å². The van der Waals surface area contributed by atoms with E-state index in [4.69, 9.17) is 15.6 Å². The van der Waals surface area contributed by atoms with Crippen molar-refractivity contribution in [1.82, 2.24) is 0 Å². The summed E-state index contributed by atoms with van der Waals surface area (Å²) in [5, 5.41) is 19.2. The van der Waals surface area contributed by atoms with Gasteiger partial charge in [-0.25, -0.2) is 4.39 Å². The standard InChI is InChI=1S/C9H8BrFN2O5/c10-4-1-7(13(16)17)8(2-5(4)11)18-3-6(12)9(14)15/h1-2,6H,3,12H2,(H,14,15). The first-order valence-corrected chi connectivity index (χ1v) is 5.37. The monoisotopic (exact) mass is 322 g/mol. The molecule has 0 bridgehead atoms. The highest BCUT2D eigenvalue weighted by Crippen LogP contribution is 2.32. The Morgan fingerprint density at radius 1 is 1.67 bits per heavy atom. The Balaban J connectivity index is 2.97. The van der Waals surface area contributed by atoms with Gasteiger partial charge in [0, 0.05) is 12.1 Å². The summed E-state index contributed by atoms with van der Waals surface area (Å²) in [7, 11) is 0. The predicted molar refractivity (Wildman–Crippen MR) is 61.9 cm³/mol. The van der Waals surface area contributed by atoms with E-state index >= 15 is 0 Å². The van der Waals surface area contributed by atoms with Crippen LogP contribution >= 0.6 is 15.9 Å². The molecule has 7 nitrogen and oxygen atoms in total. The van der Waals surface area contributed by atoms with Gasteiger partial charge in [0.05, 0.1) is 9.40 Å². The third-order valence-electron chi connectivity index (χ3n) is 1.93. The molecule has 0 aromatic heterocycles. The summed E-state index contributed by atoms with van der Waals surface area (Å²) >= 11 is 2.80. The predicted octanol–water partition coefficient (Wildman–Crippen LogP) is 1.29. The summed E-state index contributed by atoms with van der Waals surface area (Å²) in [6.07, 6.45) is 0. The highest BCUT2D eigenvalue weighted by Gasteiger charge is 2.21. The number of nitrogens with two attached hydrogens (primary N) is 1. The van der Waals surface area contributed by atoms with E-state index in [2.05, 4.69) is 15.9 Å². The fourth-order valence-corrected chi connectivity index (χ4v) is 1.36. The molecule has 18 heavy (non-hydrogen) atoms. The normalized spacial score (nSPS) is 11.9. The fraction of sp³-hybridized carbons (Fsp3) is 0.222. The van der Waals surface area contributed by atoms with E-state index < -0.39 is 35.0 Å². The minimum Gasteiger partial charge on any atom is -0.484 e. The van der Waals surface area contributed by atoms with Crippen molar-refractivity contribution >= 4 is 27.6 Å². The number of ether oxygens (including phenoxy) is 1. The van der Waals surface area contributed by atoms with Gasteiger partial charge in [-0.3, -0.25) is 14.9 Å². The van der Waals surface area contributed by atoms with Gasteiger partial charge in [0.2, 0.25) is 0 Å². The third-order valence-corrected chi connectivity index (χ3v) is 2.54. The maximum absolute atomic E-state index is 13.2. The fourth-order valence-electron chi connectivity index (χ4n) is 1.03. The number of benzene rings is 1. The van der Waals surface area contributed by atoms with E-state index in [-0.39, 0.29) is 10.2 Å². The number of hydrogen-bond donors (Lipinski definition) is 2. The molecule has 98 valence electrons. The molecule has 0 aliphatic carbocycles. The molecule has 0 radical (unpaired) electrons. The molecule has 1 unspecified atom stereocenters.